The van der Waals surface area contributed by atoms with Crippen molar-refractivity contribution in [1.82, 2.24) is 20.4 Å². The standard InChI is InChI=1S/C12H24N4O/c1-10-12(11(2)16(3)15-10)9-14-6-5-13-7-8-17-4/h13-14H,5-9H2,1-4H3. The van der Waals surface area contributed by atoms with Crippen molar-refractivity contribution in [2.45, 2.75) is 20.4 Å². The van der Waals surface area contributed by atoms with Gasteiger partial charge in [-0.05, 0) is 13.8 Å². The molecular formula is C12H24N4O. The fourth-order valence-electron chi connectivity index (χ4n) is 1.76. The molecule has 1 rings (SSSR count). The number of rotatable bonds is 8. The van der Waals surface area contributed by atoms with Crippen LogP contribution in [0.15, 0.2) is 0 Å². The van der Waals surface area contributed by atoms with Gasteiger partial charge in [-0.25, -0.2) is 0 Å². The molecule has 1 heterocycles. The van der Waals surface area contributed by atoms with Crippen LogP contribution in [0.25, 0.3) is 0 Å². The normalized spacial score (nSPS) is 11.1. The molecule has 17 heavy (non-hydrogen) atoms. The van der Waals surface area contributed by atoms with Gasteiger partial charge in [-0.1, -0.05) is 0 Å². The molecule has 98 valence electrons. The second-order valence-corrected chi connectivity index (χ2v) is 4.19. The van der Waals surface area contributed by atoms with Crippen LogP contribution >= 0.6 is 0 Å². The number of hydrogen-bond acceptors (Lipinski definition) is 4. The van der Waals surface area contributed by atoms with Crippen LogP contribution in [0.3, 0.4) is 0 Å². The van der Waals surface area contributed by atoms with Crippen molar-refractivity contribution in [3.63, 3.8) is 0 Å². The molecule has 0 saturated heterocycles. The summed E-state index contributed by atoms with van der Waals surface area (Å²) in [6.45, 7) is 8.63. The molecule has 0 fully saturated rings. The van der Waals surface area contributed by atoms with Gasteiger partial charge in [0.2, 0.25) is 0 Å². The molecule has 5 heteroatoms. The molecule has 0 aliphatic carbocycles. The Hall–Kier alpha value is -0.910. The third-order valence-corrected chi connectivity index (χ3v) is 2.92. The van der Waals surface area contributed by atoms with Crippen LogP contribution < -0.4 is 10.6 Å². The first kappa shape index (κ1) is 14.2. The van der Waals surface area contributed by atoms with Gasteiger partial charge >= 0.3 is 0 Å². The van der Waals surface area contributed by atoms with Crippen LogP contribution in [0.1, 0.15) is 17.0 Å². The van der Waals surface area contributed by atoms with E-state index in [-0.39, 0.29) is 0 Å². The largest absolute Gasteiger partial charge is 0.383 e. The van der Waals surface area contributed by atoms with Gasteiger partial charge in [0.05, 0.1) is 12.3 Å². The number of methoxy groups -OCH3 is 1. The highest BCUT2D eigenvalue weighted by atomic mass is 16.5. The van der Waals surface area contributed by atoms with E-state index in [2.05, 4.69) is 29.6 Å². The zero-order valence-corrected chi connectivity index (χ0v) is 11.3. The Morgan fingerprint density at radius 2 is 1.88 bits per heavy atom. The lowest BCUT2D eigenvalue weighted by atomic mass is 10.2. The van der Waals surface area contributed by atoms with Crippen molar-refractivity contribution in [2.75, 3.05) is 33.4 Å². The van der Waals surface area contributed by atoms with Gasteiger partial charge in [0, 0.05) is 51.6 Å². The minimum Gasteiger partial charge on any atom is -0.383 e. The van der Waals surface area contributed by atoms with Crippen molar-refractivity contribution in [3.8, 4) is 0 Å². The van der Waals surface area contributed by atoms with Gasteiger partial charge in [-0.2, -0.15) is 5.10 Å². The van der Waals surface area contributed by atoms with Crippen LogP contribution in [-0.2, 0) is 18.3 Å². The molecule has 1 aromatic rings. The molecule has 0 bridgehead atoms. The van der Waals surface area contributed by atoms with Crippen molar-refractivity contribution in [3.05, 3.63) is 17.0 Å². The fraction of sp³-hybridized carbons (Fsp3) is 0.750. The Morgan fingerprint density at radius 3 is 2.47 bits per heavy atom. The van der Waals surface area contributed by atoms with Crippen LogP contribution in [0.4, 0.5) is 0 Å². The number of aromatic nitrogens is 2. The van der Waals surface area contributed by atoms with Crippen LogP contribution in [0, 0.1) is 13.8 Å². The Morgan fingerprint density at radius 1 is 1.18 bits per heavy atom. The SMILES string of the molecule is COCCNCCNCc1c(C)nn(C)c1C. The van der Waals surface area contributed by atoms with Crippen molar-refractivity contribution in [1.29, 1.82) is 0 Å². The monoisotopic (exact) mass is 240 g/mol. The lowest BCUT2D eigenvalue weighted by molar-refractivity contribution is 0.199. The predicted molar refractivity (Wildman–Crippen MR) is 69.1 cm³/mol. The number of nitrogens with one attached hydrogen (secondary N) is 2. The molecule has 0 aliphatic rings. The van der Waals surface area contributed by atoms with Crippen LogP contribution in [0.2, 0.25) is 0 Å². The summed E-state index contributed by atoms with van der Waals surface area (Å²) in [7, 11) is 3.70. The maximum atomic E-state index is 4.96. The molecule has 5 nitrogen and oxygen atoms in total. The molecule has 0 spiro atoms. The van der Waals surface area contributed by atoms with Gasteiger partial charge in [0.15, 0.2) is 0 Å². The third kappa shape index (κ3) is 4.46. The van der Waals surface area contributed by atoms with Gasteiger partial charge in [-0.3, -0.25) is 4.68 Å². The Labute approximate surface area is 104 Å². The van der Waals surface area contributed by atoms with E-state index in [9.17, 15) is 0 Å². The molecular weight excluding hydrogens is 216 g/mol. The number of hydrogen-bond donors (Lipinski definition) is 2. The van der Waals surface area contributed by atoms with Crippen molar-refractivity contribution < 1.29 is 4.74 Å². The van der Waals surface area contributed by atoms with E-state index in [1.807, 2.05) is 11.7 Å². The van der Waals surface area contributed by atoms with Crippen LogP contribution in [0.5, 0.6) is 0 Å². The minimum absolute atomic E-state index is 0.765. The summed E-state index contributed by atoms with van der Waals surface area (Å²) < 4.78 is 6.89. The number of aryl methyl sites for hydroxylation is 2. The number of nitrogens with zero attached hydrogens (tertiary/aromatic N) is 2. The summed E-state index contributed by atoms with van der Waals surface area (Å²) in [5.41, 5.74) is 3.66. The predicted octanol–water partition coefficient (Wildman–Crippen LogP) is 0.363. The van der Waals surface area contributed by atoms with Crippen LogP contribution in [-0.4, -0.2) is 43.1 Å². The summed E-state index contributed by atoms with van der Waals surface area (Å²) in [6, 6.07) is 0. The van der Waals surface area contributed by atoms with Crippen molar-refractivity contribution >= 4 is 0 Å². The quantitative estimate of drug-likeness (QED) is 0.644. The highest BCUT2D eigenvalue weighted by Crippen LogP contribution is 2.10. The molecule has 0 atom stereocenters. The molecule has 2 N–H and O–H groups in total. The molecule has 0 saturated carbocycles. The second kappa shape index (κ2) is 7.42. The molecule has 0 amide bonds. The molecule has 0 radical (unpaired) electrons. The topological polar surface area (TPSA) is 51.1 Å². The average Bonchev–Trinajstić information content (AvgIpc) is 2.54. The lowest BCUT2D eigenvalue weighted by Gasteiger charge is -2.06. The Kier molecular flexibility index (Phi) is 6.18. The van der Waals surface area contributed by atoms with E-state index in [1.165, 1.54) is 11.3 Å². The maximum Gasteiger partial charge on any atom is 0.0641 e. The second-order valence-electron chi connectivity index (χ2n) is 4.19. The zero-order chi connectivity index (χ0) is 12.7. The van der Waals surface area contributed by atoms with E-state index in [0.29, 0.717) is 0 Å². The average molecular weight is 240 g/mol. The van der Waals surface area contributed by atoms with E-state index in [4.69, 9.17) is 4.74 Å². The highest BCUT2D eigenvalue weighted by Gasteiger charge is 2.07. The van der Waals surface area contributed by atoms with Gasteiger partial charge in [0.1, 0.15) is 0 Å². The third-order valence-electron chi connectivity index (χ3n) is 2.92. The lowest BCUT2D eigenvalue weighted by Crippen LogP contribution is -2.29. The maximum absolute atomic E-state index is 4.96. The first-order chi connectivity index (χ1) is 8.16. The molecule has 0 unspecified atom stereocenters. The van der Waals surface area contributed by atoms with E-state index >= 15 is 0 Å². The van der Waals surface area contributed by atoms with Crippen molar-refractivity contribution in [2.24, 2.45) is 7.05 Å². The fourth-order valence-corrected chi connectivity index (χ4v) is 1.76. The summed E-state index contributed by atoms with van der Waals surface area (Å²) in [5, 5.41) is 11.1. The Balaban J connectivity index is 2.18. The molecule has 1 aromatic heterocycles. The summed E-state index contributed by atoms with van der Waals surface area (Å²) >= 11 is 0. The van der Waals surface area contributed by atoms with E-state index in [0.717, 1.165) is 38.5 Å². The van der Waals surface area contributed by atoms with Gasteiger partial charge in [0.25, 0.3) is 0 Å². The Bertz CT molecular complexity index is 335. The molecule has 0 aromatic carbocycles. The first-order valence-electron chi connectivity index (χ1n) is 6.06. The minimum atomic E-state index is 0.765. The smallest absolute Gasteiger partial charge is 0.0641 e. The van der Waals surface area contributed by atoms with E-state index in [1.54, 1.807) is 7.11 Å². The van der Waals surface area contributed by atoms with E-state index < -0.39 is 0 Å². The summed E-state index contributed by atoms with van der Waals surface area (Å²) in [6.07, 6.45) is 0. The first-order valence-corrected chi connectivity index (χ1v) is 6.06. The summed E-state index contributed by atoms with van der Waals surface area (Å²) in [4.78, 5) is 0. The highest BCUT2D eigenvalue weighted by molar-refractivity contribution is 5.23. The zero-order valence-electron chi connectivity index (χ0n) is 11.3. The van der Waals surface area contributed by atoms with Gasteiger partial charge in [-0.15, -0.1) is 0 Å². The number of ether oxygens (including phenoxy) is 1. The van der Waals surface area contributed by atoms with Gasteiger partial charge < -0.3 is 15.4 Å². The summed E-state index contributed by atoms with van der Waals surface area (Å²) in [5.74, 6) is 0. The molecule has 0 aliphatic heterocycles.